The molecule has 0 aromatic heterocycles. The Labute approximate surface area is 158 Å². The summed E-state index contributed by atoms with van der Waals surface area (Å²) in [7, 11) is 0. The molecule has 2 aliphatic heterocycles. The van der Waals surface area contributed by atoms with E-state index in [4.69, 9.17) is 9.47 Å². The van der Waals surface area contributed by atoms with Gasteiger partial charge in [0.05, 0.1) is 25.1 Å². The molecule has 2 heterocycles. The zero-order chi connectivity index (χ0) is 18.9. The summed E-state index contributed by atoms with van der Waals surface area (Å²) in [5.41, 5.74) is 0.706. The van der Waals surface area contributed by atoms with Crippen LogP contribution in [0.5, 0.6) is 11.5 Å². The molecule has 0 saturated carbocycles. The topological polar surface area (TPSA) is 67.9 Å². The lowest BCUT2D eigenvalue weighted by Gasteiger charge is -2.34. The first-order chi connectivity index (χ1) is 13.1. The Kier molecular flexibility index (Phi) is 4.48. The van der Waals surface area contributed by atoms with Gasteiger partial charge in [0.2, 0.25) is 0 Å². The maximum Gasteiger partial charge on any atom is 0.321 e. The van der Waals surface area contributed by atoms with Gasteiger partial charge in [0.1, 0.15) is 17.1 Å². The maximum atomic E-state index is 12.6. The van der Waals surface area contributed by atoms with Crippen LogP contribution in [-0.2, 0) is 0 Å². The van der Waals surface area contributed by atoms with Gasteiger partial charge in [-0.05, 0) is 43.3 Å². The Bertz CT molecular complexity index is 865. The van der Waals surface area contributed by atoms with E-state index in [2.05, 4.69) is 5.32 Å². The highest BCUT2D eigenvalue weighted by Gasteiger charge is 2.46. The van der Waals surface area contributed by atoms with Crippen LogP contribution in [0.3, 0.4) is 0 Å². The van der Waals surface area contributed by atoms with Gasteiger partial charge < -0.3 is 19.7 Å². The summed E-state index contributed by atoms with van der Waals surface area (Å²) < 4.78 is 11.6. The quantitative estimate of drug-likeness (QED) is 0.899. The highest BCUT2D eigenvalue weighted by Crippen LogP contribution is 2.38. The Hall–Kier alpha value is -3.02. The second-order valence-electron chi connectivity index (χ2n) is 6.94. The van der Waals surface area contributed by atoms with Crippen LogP contribution in [0.1, 0.15) is 30.1 Å². The average Bonchev–Trinajstić information content (AvgIpc) is 3.07. The first-order valence-corrected chi connectivity index (χ1v) is 9.19. The SMILES string of the molecule is CCOc1ccc(NC(=O)N2CCC3(CC(=O)c4ccccc4O3)C2)cc1. The van der Waals surface area contributed by atoms with Gasteiger partial charge in [-0.25, -0.2) is 4.79 Å². The number of ether oxygens (including phenoxy) is 2. The van der Waals surface area contributed by atoms with Crippen molar-refractivity contribution >= 4 is 17.5 Å². The smallest absolute Gasteiger partial charge is 0.321 e. The largest absolute Gasteiger partial charge is 0.494 e. The van der Waals surface area contributed by atoms with E-state index in [1.54, 1.807) is 11.0 Å². The van der Waals surface area contributed by atoms with E-state index in [9.17, 15) is 9.59 Å². The Balaban J connectivity index is 1.42. The van der Waals surface area contributed by atoms with Crippen LogP contribution in [0.2, 0.25) is 0 Å². The van der Waals surface area contributed by atoms with Gasteiger partial charge in [0.25, 0.3) is 0 Å². The molecule has 1 spiro atoms. The third kappa shape index (κ3) is 3.47. The van der Waals surface area contributed by atoms with Crippen molar-refractivity contribution in [2.45, 2.75) is 25.4 Å². The lowest BCUT2D eigenvalue weighted by molar-refractivity contribution is 0.0482. The number of hydrogen-bond acceptors (Lipinski definition) is 4. The van der Waals surface area contributed by atoms with Crippen molar-refractivity contribution in [1.29, 1.82) is 0 Å². The van der Waals surface area contributed by atoms with Crippen molar-refractivity contribution < 1.29 is 19.1 Å². The zero-order valence-electron chi connectivity index (χ0n) is 15.2. The minimum absolute atomic E-state index is 0.0746. The minimum Gasteiger partial charge on any atom is -0.494 e. The van der Waals surface area contributed by atoms with Gasteiger partial charge in [-0.2, -0.15) is 0 Å². The molecular weight excluding hydrogens is 344 g/mol. The summed E-state index contributed by atoms with van der Waals surface area (Å²) in [5, 5.41) is 2.90. The van der Waals surface area contributed by atoms with E-state index in [1.165, 1.54) is 0 Å². The number of amides is 2. The van der Waals surface area contributed by atoms with E-state index in [0.29, 0.717) is 49.5 Å². The number of likely N-dealkylation sites (tertiary alicyclic amines) is 1. The predicted octanol–water partition coefficient (Wildman–Crippen LogP) is 3.73. The molecule has 2 aromatic rings. The molecule has 4 rings (SSSR count). The average molecular weight is 366 g/mol. The molecule has 27 heavy (non-hydrogen) atoms. The Morgan fingerprint density at radius 2 is 2.00 bits per heavy atom. The molecule has 0 radical (unpaired) electrons. The molecule has 1 saturated heterocycles. The number of rotatable bonds is 3. The molecule has 1 unspecified atom stereocenters. The van der Waals surface area contributed by atoms with Crippen LogP contribution in [0, 0.1) is 0 Å². The predicted molar refractivity (Wildman–Crippen MR) is 102 cm³/mol. The second-order valence-corrected chi connectivity index (χ2v) is 6.94. The molecular formula is C21H22N2O4. The van der Waals surface area contributed by atoms with Gasteiger partial charge in [-0.3, -0.25) is 4.79 Å². The summed E-state index contributed by atoms with van der Waals surface area (Å²) in [6.07, 6.45) is 0.945. The van der Waals surface area contributed by atoms with Crippen molar-refractivity contribution in [3.63, 3.8) is 0 Å². The van der Waals surface area contributed by atoms with E-state index in [0.717, 1.165) is 5.75 Å². The molecule has 1 atom stereocenters. The van der Waals surface area contributed by atoms with Gasteiger partial charge >= 0.3 is 6.03 Å². The van der Waals surface area contributed by atoms with Crippen molar-refractivity contribution in [1.82, 2.24) is 4.90 Å². The molecule has 0 aliphatic carbocycles. The number of para-hydroxylation sites is 1. The summed E-state index contributed by atoms with van der Waals surface area (Å²) in [5.74, 6) is 1.46. The third-order valence-corrected chi connectivity index (χ3v) is 5.02. The van der Waals surface area contributed by atoms with E-state index in [1.807, 2.05) is 49.4 Å². The highest BCUT2D eigenvalue weighted by molar-refractivity contribution is 6.00. The number of nitrogens with zero attached hydrogens (tertiary/aromatic N) is 1. The van der Waals surface area contributed by atoms with Crippen LogP contribution >= 0.6 is 0 Å². The molecule has 6 nitrogen and oxygen atoms in total. The molecule has 0 bridgehead atoms. The number of anilines is 1. The molecule has 140 valence electrons. The van der Waals surface area contributed by atoms with Crippen LogP contribution in [0.25, 0.3) is 0 Å². The normalized spacial score (nSPS) is 20.9. The zero-order valence-corrected chi connectivity index (χ0v) is 15.2. The number of urea groups is 1. The standard InChI is InChI=1S/C21H22N2O4/c1-2-26-16-9-7-15(8-10-16)22-20(25)23-12-11-21(14-23)13-18(24)17-5-3-4-6-19(17)27-21/h3-10H,2,11-14H2,1H3,(H,22,25). The maximum absolute atomic E-state index is 12.6. The van der Waals surface area contributed by atoms with Crippen LogP contribution in [0.4, 0.5) is 10.5 Å². The minimum atomic E-state index is -0.623. The fourth-order valence-electron chi connectivity index (χ4n) is 3.69. The second kappa shape index (κ2) is 6.95. The van der Waals surface area contributed by atoms with Crippen molar-refractivity contribution in [2.24, 2.45) is 0 Å². The number of benzene rings is 2. The molecule has 2 aromatic carbocycles. The molecule has 2 amide bonds. The monoisotopic (exact) mass is 366 g/mol. The summed E-state index contributed by atoms with van der Waals surface area (Å²) >= 11 is 0. The fraction of sp³-hybridized carbons (Fsp3) is 0.333. The molecule has 1 fully saturated rings. The number of nitrogens with one attached hydrogen (secondary N) is 1. The molecule has 2 aliphatic rings. The Morgan fingerprint density at radius 3 is 2.78 bits per heavy atom. The van der Waals surface area contributed by atoms with Crippen LogP contribution in [0.15, 0.2) is 48.5 Å². The molecule has 6 heteroatoms. The highest BCUT2D eigenvalue weighted by atomic mass is 16.5. The van der Waals surface area contributed by atoms with E-state index in [-0.39, 0.29) is 11.8 Å². The Morgan fingerprint density at radius 1 is 1.22 bits per heavy atom. The summed E-state index contributed by atoms with van der Waals surface area (Å²) in [6.45, 7) is 3.48. The number of Topliss-reactive ketones (excluding diaryl/α,β-unsaturated/α-hetero) is 1. The lowest BCUT2D eigenvalue weighted by atomic mass is 9.89. The first kappa shape index (κ1) is 17.4. The first-order valence-electron chi connectivity index (χ1n) is 9.19. The van der Waals surface area contributed by atoms with E-state index < -0.39 is 5.60 Å². The van der Waals surface area contributed by atoms with Crippen molar-refractivity contribution in [3.05, 3.63) is 54.1 Å². The van der Waals surface area contributed by atoms with Gasteiger partial charge in [-0.15, -0.1) is 0 Å². The van der Waals surface area contributed by atoms with Gasteiger partial charge in [-0.1, -0.05) is 12.1 Å². The van der Waals surface area contributed by atoms with Gasteiger partial charge in [0, 0.05) is 18.7 Å². The van der Waals surface area contributed by atoms with E-state index >= 15 is 0 Å². The lowest BCUT2D eigenvalue weighted by Crippen LogP contribution is -2.45. The molecule has 1 N–H and O–H groups in total. The van der Waals surface area contributed by atoms with Gasteiger partial charge in [0.15, 0.2) is 5.78 Å². The number of hydrogen-bond donors (Lipinski definition) is 1. The van der Waals surface area contributed by atoms with Crippen LogP contribution < -0.4 is 14.8 Å². The number of carbonyl (C=O) groups is 2. The van der Waals surface area contributed by atoms with Crippen molar-refractivity contribution in [2.75, 3.05) is 25.0 Å². The van der Waals surface area contributed by atoms with Crippen LogP contribution in [-0.4, -0.2) is 42.0 Å². The van der Waals surface area contributed by atoms with Crippen molar-refractivity contribution in [3.8, 4) is 11.5 Å². The fourth-order valence-corrected chi connectivity index (χ4v) is 3.69. The third-order valence-electron chi connectivity index (χ3n) is 5.02. The summed E-state index contributed by atoms with van der Waals surface area (Å²) in [4.78, 5) is 26.8. The number of ketones is 1. The summed E-state index contributed by atoms with van der Waals surface area (Å²) in [6, 6.07) is 14.4. The number of carbonyl (C=O) groups excluding carboxylic acids is 2. The number of fused-ring (bicyclic) bond motifs is 1.